The molecule has 0 aliphatic heterocycles. The summed E-state index contributed by atoms with van der Waals surface area (Å²) in [7, 11) is 1.90. The largest absolute Gasteiger partial charge is 0.373 e. The minimum absolute atomic E-state index is 0.312. The van der Waals surface area contributed by atoms with E-state index < -0.39 is 0 Å². The molecule has 0 unspecified atom stereocenters. The lowest BCUT2D eigenvalue weighted by Gasteiger charge is -2.14. The predicted molar refractivity (Wildman–Crippen MR) is 85.7 cm³/mol. The molecule has 5 heteroatoms. The Balaban J connectivity index is 2.38. The third-order valence-electron chi connectivity index (χ3n) is 3.61. The van der Waals surface area contributed by atoms with Gasteiger partial charge in [-0.3, -0.25) is 0 Å². The standard InChI is InChI=1S/C16H25N5/c1-6-8-21-9-7-18-14(21)10-13-12(4)16(17-5)20-15(19-13)11(2)3/h7,9,11H,6,8,10H2,1-5H3,(H,17,19,20). The van der Waals surface area contributed by atoms with Crippen molar-refractivity contribution in [2.75, 3.05) is 12.4 Å². The summed E-state index contributed by atoms with van der Waals surface area (Å²) in [5.74, 6) is 3.17. The van der Waals surface area contributed by atoms with E-state index in [4.69, 9.17) is 4.98 Å². The van der Waals surface area contributed by atoms with Gasteiger partial charge in [0, 0.05) is 43.9 Å². The molecule has 21 heavy (non-hydrogen) atoms. The summed E-state index contributed by atoms with van der Waals surface area (Å²) in [4.78, 5) is 13.8. The van der Waals surface area contributed by atoms with Crippen molar-refractivity contribution in [3.8, 4) is 0 Å². The molecular weight excluding hydrogens is 262 g/mol. The molecule has 0 spiro atoms. The van der Waals surface area contributed by atoms with Crippen LogP contribution < -0.4 is 5.32 Å². The highest BCUT2D eigenvalue weighted by molar-refractivity contribution is 5.46. The molecule has 0 saturated heterocycles. The van der Waals surface area contributed by atoms with E-state index in [2.05, 4.69) is 47.5 Å². The summed E-state index contributed by atoms with van der Waals surface area (Å²) in [5.41, 5.74) is 2.16. The van der Waals surface area contributed by atoms with Crippen molar-refractivity contribution >= 4 is 5.82 Å². The average molecular weight is 287 g/mol. The van der Waals surface area contributed by atoms with Crippen LogP contribution >= 0.6 is 0 Å². The Labute approximate surface area is 126 Å². The lowest BCUT2D eigenvalue weighted by Crippen LogP contribution is -2.11. The minimum Gasteiger partial charge on any atom is -0.373 e. The van der Waals surface area contributed by atoms with E-state index in [1.165, 1.54) is 0 Å². The van der Waals surface area contributed by atoms with Crippen LogP contribution in [0.4, 0.5) is 5.82 Å². The first-order valence-electron chi connectivity index (χ1n) is 7.62. The van der Waals surface area contributed by atoms with E-state index in [1.54, 1.807) is 0 Å². The van der Waals surface area contributed by atoms with E-state index in [0.717, 1.165) is 48.1 Å². The molecule has 0 saturated carbocycles. The van der Waals surface area contributed by atoms with Crippen LogP contribution in [0.1, 0.15) is 56.0 Å². The van der Waals surface area contributed by atoms with Crippen LogP contribution in [0.25, 0.3) is 0 Å². The molecule has 0 bridgehead atoms. The third kappa shape index (κ3) is 3.40. The van der Waals surface area contributed by atoms with Crippen molar-refractivity contribution < 1.29 is 0 Å². The van der Waals surface area contributed by atoms with Crippen molar-refractivity contribution in [3.63, 3.8) is 0 Å². The van der Waals surface area contributed by atoms with Gasteiger partial charge in [0.15, 0.2) is 0 Å². The molecule has 2 rings (SSSR count). The van der Waals surface area contributed by atoms with Crippen LogP contribution in [-0.4, -0.2) is 26.6 Å². The SMILES string of the molecule is CCCn1ccnc1Cc1nc(C(C)C)nc(NC)c1C. The quantitative estimate of drug-likeness (QED) is 0.886. The summed E-state index contributed by atoms with van der Waals surface area (Å²) < 4.78 is 2.20. The second kappa shape index (κ2) is 6.70. The Bertz CT molecular complexity index is 601. The highest BCUT2D eigenvalue weighted by atomic mass is 15.1. The number of anilines is 1. The van der Waals surface area contributed by atoms with Crippen LogP contribution in [0.5, 0.6) is 0 Å². The van der Waals surface area contributed by atoms with Gasteiger partial charge in [-0.05, 0) is 13.3 Å². The fraction of sp³-hybridized carbons (Fsp3) is 0.562. The van der Waals surface area contributed by atoms with Crippen molar-refractivity contribution in [3.05, 3.63) is 35.3 Å². The Morgan fingerprint density at radius 1 is 1.29 bits per heavy atom. The maximum absolute atomic E-state index is 4.75. The summed E-state index contributed by atoms with van der Waals surface area (Å²) in [6.45, 7) is 9.47. The van der Waals surface area contributed by atoms with Gasteiger partial charge < -0.3 is 9.88 Å². The van der Waals surface area contributed by atoms with E-state index in [-0.39, 0.29) is 0 Å². The number of nitrogens with one attached hydrogen (secondary N) is 1. The van der Waals surface area contributed by atoms with Crippen LogP contribution in [0.2, 0.25) is 0 Å². The maximum Gasteiger partial charge on any atom is 0.133 e. The van der Waals surface area contributed by atoms with Crippen molar-refractivity contribution in [2.45, 2.75) is 53.0 Å². The highest BCUT2D eigenvalue weighted by Crippen LogP contribution is 2.21. The predicted octanol–water partition coefficient (Wildman–Crippen LogP) is 3.15. The molecular formula is C16H25N5. The van der Waals surface area contributed by atoms with E-state index in [1.807, 2.05) is 19.4 Å². The Morgan fingerprint density at radius 3 is 2.67 bits per heavy atom. The molecule has 5 nitrogen and oxygen atoms in total. The molecule has 0 aliphatic carbocycles. The fourth-order valence-electron chi connectivity index (χ4n) is 2.36. The normalized spacial score (nSPS) is 11.1. The molecule has 1 N–H and O–H groups in total. The molecule has 0 radical (unpaired) electrons. The average Bonchev–Trinajstić information content (AvgIpc) is 2.88. The van der Waals surface area contributed by atoms with Gasteiger partial charge in [0.25, 0.3) is 0 Å². The lowest BCUT2D eigenvalue weighted by atomic mass is 10.1. The minimum atomic E-state index is 0.312. The van der Waals surface area contributed by atoms with E-state index in [9.17, 15) is 0 Å². The topological polar surface area (TPSA) is 55.6 Å². The number of rotatable bonds is 6. The monoisotopic (exact) mass is 287 g/mol. The molecule has 0 atom stereocenters. The Hall–Kier alpha value is -1.91. The van der Waals surface area contributed by atoms with Gasteiger partial charge >= 0.3 is 0 Å². The maximum atomic E-state index is 4.75. The first kappa shape index (κ1) is 15.5. The van der Waals surface area contributed by atoms with Gasteiger partial charge in [0.1, 0.15) is 17.5 Å². The van der Waals surface area contributed by atoms with Gasteiger partial charge in [-0.2, -0.15) is 0 Å². The number of imidazole rings is 1. The summed E-state index contributed by atoms with van der Waals surface area (Å²) in [6.07, 6.45) is 5.75. The van der Waals surface area contributed by atoms with Crippen LogP contribution in [-0.2, 0) is 13.0 Å². The summed E-state index contributed by atoms with van der Waals surface area (Å²) in [5, 5.41) is 3.17. The molecule has 0 aromatic carbocycles. The third-order valence-corrected chi connectivity index (χ3v) is 3.61. The second-order valence-corrected chi connectivity index (χ2v) is 5.62. The number of aromatic nitrogens is 4. The van der Waals surface area contributed by atoms with Crippen molar-refractivity contribution in [1.82, 2.24) is 19.5 Å². The zero-order valence-corrected chi connectivity index (χ0v) is 13.6. The number of nitrogens with zero attached hydrogens (tertiary/aromatic N) is 4. The van der Waals surface area contributed by atoms with Gasteiger partial charge in [0.05, 0.1) is 5.69 Å². The Morgan fingerprint density at radius 2 is 2.05 bits per heavy atom. The first-order valence-corrected chi connectivity index (χ1v) is 7.62. The van der Waals surface area contributed by atoms with E-state index in [0.29, 0.717) is 5.92 Å². The zero-order chi connectivity index (χ0) is 15.4. The van der Waals surface area contributed by atoms with Crippen LogP contribution in [0, 0.1) is 6.92 Å². The zero-order valence-electron chi connectivity index (χ0n) is 13.6. The van der Waals surface area contributed by atoms with Gasteiger partial charge in [-0.15, -0.1) is 0 Å². The van der Waals surface area contributed by atoms with Gasteiger partial charge in [0.2, 0.25) is 0 Å². The molecule has 2 aromatic heterocycles. The van der Waals surface area contributed by atoms with Crippen LogP contribution in [0.15, 0.2) is 12.4 Å². The second-order valence-electron chi connectivity index (χ2n) is 5.62. The van der Waals surface area contributed by atoms with E-state index >= 15 is 0 Å². The molecule has 114 valence electrons. The Kier molecular flexibility index (Phi) is 4.94. The lowest BCUT2D eigenvalue weighted by molar-refractivity contribution is 0.642. The summed E-state index contributed by atoms with van der Waals surface area (Å²) in [6, 6.07) is 0. The highest BCUT2D eigenvalue weighted by Gasteiger charge is 2.14. The van der Waals surface area contributed by atoms with Crippen LogP contribution in [0.3, 0.4) is 0 Å². The number of hydrogen-bond acceptors (Lipinski definition) is 4. The number of hydrogen-bond donors (Lipinski definition) is 1. The molecule has 2 heterocycles. The fourth-order valence-corrected chi connectivity index (χ4v) is 2.36. The smallest absolute Gasteiger partial charge is 0.133 e. The number of aryl methyl sites for hydroxylation is 1. The summed E-state index contributed by atoms with van der Waals surface area (Å²) >= 11 is 0. The molecule has 2 aromatic rings. The van der Waals surface area contributed by atoms with Gasteiger partial charge in [-0.25, -0.2) is 15.0 Å². The molecule has 0 aliphatic rings. The first-order chi connectivity index (χ1) is 10.1. The van der Waals surface area contributed by atoms with Crippen molar-refractivity contribution in [2.24, 2.45) is 0 Å². The molecule has 0 amide bonds. The van der Waals surface area contributed by atoms with Gasteiger partial charge in [-0.1, -0.05) is 20.8 Å². The van der Waals surface area contributed by atoms with Crippen molar-refractivity contribution in [1.29, 1.82) is 0 Å². The molecule has 0 fully saturated rings.